The number of hydrogen-bond donors (Lipinski definition) is 0. The Bertz CT molecular complexity index is 650. The third kappa shape index (κ3) is 8.28. The molecule has 0 aliphatic carbocycles. The number of benzene rings is 1. The zero-order chi connectivity index (χ0) is 20.0. The van der Waals surface area contributed by atoms with Crippen LogP contribution in [0.15, 0.2) is 43.0 Å². The van der Waals surface area contributed by atoms with Gasteiger partial charge in [-0.15, -0.1) is 0 Å². The van der Waals surface area contributed by atoms with E-state index in [1.54, 1.807) is 18.7 Å². The lowest BCUT2D eigenvalue weighted by Gasteiger charge is -2.18. The molecule has 0 fully saturated rings. The van der Waals surface area contributed by atoms with Gasteiger partial charge in [-0.2, -0.15) is 0 Å². The average molecular weight is 385 g/mol. The number of rotatable bonds is 14. The molecule has 2 aromatic rings. The van der Waals surface area contributed by atoms with Crippen LogP contribution in [0.2, 0.25) is 0 Å². The van der Waals surface area contributed by atoms with Crippen LogP contribution >= 0.6 is 0 Å². The van der Waals surface area contributed by atoms with Crippen LogP contribution < -0.4 is 4.74 Å². The van der Waals surface area contributed by atoms with Gasteiger partial charge in [-0.1, -0.05) is 82.4 Å². The van der Waals surface area contributed by atoms with E-state index < -0.39 is 6.10 Å². The first-order valence-electron chi connectivity index (χ1n) is 11.0. The summed E-state index contributed by atoms with van der Waals surface area (Å²) >= 11 is 0. The van der Waals surface area contributed by atoms with E-state index in [0.717, 1.165) is 25.0 Å². The molecule has 4 nitrogen and oxygen atoms in total. The number of ether oxygens (including phenoxy) is 1. The number of aryl methyl sites for hydroxylation is 1. The number of aromatic nitrogens is 2. The molecule has 28 heavy (non-hydrogen) atoms. The fourth-order valence-electron chi connectivity index (χ4n) is 3.39. The van der Waals surface area contributed by atoms with Gasteiger partial charge in [0, 0.05) is 12.4 Å². The molecule has 0 spiro atoms. The zero-order valence-electron chi connectivity index (χ0n) is 17.6. The van der Waals surface area contributed by atoms with Gasteiger partial charge in [-0.3, -0.25) is 9.36 Å². The van der Waals surface area contributed by atoms with E-state index in [1.165, 1.54) is 61.5 Å². The fraction of sp³-hybridized carbons (Fsp3) is 0.583. The quantitative estimate of drug-likeness (QED) is 0.345. The third-order valence-electron chi connectivity index (χ3n) is 5.15. The van der Waals surface area contributed by atoms with E-state index in [0.29, 0.717) is 0 Å². The minimum Gasteiger partial charge on any atom is -0.481 e. The molecule has 0 aliphatic rings. The summed E-state index contributed by atoms with van der Waals surface area (Å²) in [6, 6.07) is 7.88. The molecule has 0 bridgehead atoms. The first-order valence-corrected chi connectivity index (χ1v) is 11.0. The Morgan fingerprint density at radius 1 is 0.964 bits per heavy atom. The van der Waals surface area contributed by atoms with Crippen molar-refractivity contribution in [1.29, 1.82) is 0 Å². The molecular formula is C24H36N2O2. The van der Waals surface area contributed by atoms with E-state index >= 15 is 0 Å². The maximum atomic E-state index is 12.8. The minimum atomic E-state index is -0.467. The maximum Gasteiger partial charge on any atom is 0.272 e. The number of carbonyl (C=O) groups excluding carboxylic acids is 1. The molecule has 0 aliphatic heterocycles. The van der Waals surface area contributed by atoms with Crippen molar-refractivity contribution < 1.29 is 9.53 Å². The van der Waals surface area contributed by atoms with Gasteiger partial charge in [0.05, 0.1) is 0 Å². The standard InChI is InChI=1S/C24H36N2O2/c1-3-4-5-6-7-8-9-10-11-12-13-23(24(27)26-19-18-25-20-26)28-22-16-14-21(2)15-17-22/h14-20,23H,3-13H2,1-2H3. The van der Waals surface area contributed by atoms with E-state index in [9.17, 15) is 4.79 Å². The van der Waals surface area contributed by atoms with E-state index in [2.05, 4.69) is 11.9 Å². The predicted molar refractivity (Wildman–Crippen MR) is 115 cm³/mol. The van der Waals surface area contributed by atoms with Gasteiger partial charge in [0.25, 0.3) is 5.91 Å². The second-order valence-corrected chi connectivity index (χ2v) is 7.70. The smallest absolute Gasteiger partial charge is 0.272 e. The molecule has 0 saturated carbocycles. The minimum absolute atomic E-state index is 0.0472. The second-order valence-electron chi connectivity index (χ2n) is 7.70. The maximum absolute atomic E-state index is 12.8. The SMILES string of the molecule is CCCCCCCCCCCCC(Oc1ccc(C)cc1)C(=O)n1ccnc1. The Kier molecular flexibility index (Phi) is 10.4. The van der Waals surface area contributed by atoms with Gasteiger partial charge in [0.15, 0.2) is 6.10 Å². The summed E-state index contributed by atoms with van der Waals surface area (Å²) < 4.78 is 7.56. The van der Waals surface area contributed by atoms with Crippen molar-refractivity contribution in [2.45, 2.75) is 90.6 Å². The summed E-state index contributed by atoms with van der Waals surface area (Å²) in [6.45, 7) is 4.30. The number of hydrogen-bond acceptors (Lipinski definition) is 3. The molecule has 1 aromatic heterocycles. The molecule has 4 heteroatoms. The topological polar surface area (TPSA) is 44.1 Å². The highest BCUT2D eigenvalue weighted by Crippen LogP contribution is 2.18. The van der Waals surface area contributed by atoms with Crippen molar-refractivity contribution >= 4 is 5.91 Å². The summed E-state index contributed by atoms with van der Waals surface area (Å²) in [6.07, 6.45) is 18.0. The van der Waals surface area contributed by atoms with Gasteiger partial charge in [-0.05, 0) is 31.9 Å². The van der Waals surface area contributed by atoms with E-state index in [1.807, 2.05) is 31.2 Å². The lowest BCUT2D eigenvalue weighted by molar-refractivity contribution is 0.0682. The van der Waals surface area contributed by atoms with Gasteiger partial charge in [-0.25, -0.2) is 4.98 Å². The Morgan fingerprint density at radius 2 is 1.57 bits per heavy atom. The predicted octanol–water partition coefficient (Wildman–Crippen LogP) is 6.59. The molecule has 2 rings (SSSR count). The van der Waals surface area contributed by atoms with Crippen LogP contribution in [0.4, 0.5) is 0 Å². The van der Waals surface area contributed by atoms with Crippen LogP contribution in [-0.2, 0) is 0 Å². The van der Waals surface area contributed by atoms with Crippen LogP contribution in [0.1, 0.15) is 87.9 Å². The molecular weight excluding hydrogens is 348 g/mol. The Labute approximate surface area is 170 Å². The van der Waals surface area contributed by atoms with Crippen molar-refractivity contribution in [1.82, 2.24) is 9.55 Å². The summed E-state index contributed by atoms with van der Waals surface area (Å²) in [5.74, 6) is 0.699. The second kappa shape index (κ2) is 13.1. The number of carbonyl (C=O) groups is 1. The molecule has 1 aromatic carbocycles. The Morgan fingerprint density at radius 3 is 2.14 bits per heavy atom. The molecule has 1 unspecified atom stereocenters. The van der Waals surface area contributed by atoms with Crippen molar-refractivity contribution in [2.75, 3.05) is 0 Å². The largest absolute Gasteiger partial charge is 0.481 e. The summed E-state index contributed by atoms with van der Waals surface area (Å²) in [5, 5.41) is 0. The lowest BCUT2D eigenvalue weighted by atomic mass is 10.0. The molecule has 0 radical (unpaired) electrons. The highest BCUT2D eigenvalue weighted by Gasteiger charge is 2.21. The first kappa shape index (κ1) is 22.2. The fourth-order valence-corrected chi connectivity index (χ4v) is 3.39. The highest BCUT2D eigenvalue weighted by molar-refractivity contribution is 5.83. The molecule has 154 valence electrons. The van der Waals surface area contributed by atoms with Crippen LogP contribution in [0.3, 0.4) is 0 Å². The van der Waals surface area contributed by atoms with Crippen molar-refractivity contribution in [3.05, 3.63) is 48.5 Å². The molecule has 0 amide bonds. The van der Waals surface area contributed by atoms with Crippen LogP contribution in [0, 0.1) is 6.92 Å². The van der Waals surface area contributed by atoms with Crippen LogP contribution in [0.25, 0.3) is 0 Å². The van der Waals surface area contributed by atoms with Gasteiger partial charge >= 0.3 is 0 Å². The highest BCUT2D eigenvalue weighted by atomic mass is 16.5. The monoisotopic (exact) mass is 384 g/mol. The van der Waals surface area contributed by atoms with Crippen LogP contribution in [0.5, 0.6) is 5.75 Å². The summed E-state index contributed by atoms with van der Waals surface area (Å²) in [4.78, 5) is 16.8. The lowest BCUT2D eigenvalue weighted by Crippen LogP contribution is -2.31. The van der Waals surface area contributed by atoms with Crippen LogP contribution in [-0.4, -0.2) is 21.6 Å². The van der Waals surface area contributed by atoms with Crippen molar-refractivity contribution in [2.24, 2.45) is 0 Å². The van der Waals surface area contributed by atoms with Gasteiger partial charge < -0.3 is 4.74 Å². The Balaban J connectivity index is 1.73. The third-order valence-corrected chi connectivity index (χ3v) is 5.15. The Hall–Kier alpha value is -2.10. The molecule has 1 atom stereocenters. The molecule has 1 heterocycles. The molecule has 0 N–H and O–H groups in total. The van der Waals surface area contributed by atoms with Gasteiger partial charge in [0.1, 0.15) is 12.1 Å². The summed E-state index contributed by atoms with van der Waals surface area (Å²) in [7, 11) is 0. The van der Waals surface area contributed by atoms with Crippen molar-refractivity contribution in [3.8, 4) is 5.75 Å². The number of nitrogens with zero attached hydrogens (tertiary/aromatic N) is 2. The average Bonchev–Trinajstić information content (AvgIpc) is 3.24. The first-order chi connectivity index (χ1) is 13.7. The van der Waals surface area contributed by atoms with Crippen molar-refractivity contribution in [3.63, 3.8) is 0 Å². The summed E-state index contributed by atoms with van der Waals surface area (Å²) in [5.41, 5.74) is 1.18. The number of unbranched alkanes of at least 4 members (excludes halogenated alkanes) is 9. The number of imidazole rings is 1. The zero-order valence-corrected chi connectivity index (χ0v) is 17.6. The molecule has 0 saturated heterocycles. The van der Waals surface area contributed by atoms with Gasteiger partial charge in [0.2, 0.25) is 0 Å². The normalized spacial score (nSPS) is 12.1. The van der Waals surface area contributed by atoms with E-state index in [4.69, 9.17) is 4.74 Å². The van der Waals surface area contributed by atoms with E-state index in [-0.39, 0.29) is 5.91 Å².